The van der Waals surface area contributed by atoms with Crippen molar-refractivity contribution in [2.45, 2.75) is 13.5 Å². The summed E-state index contributed by atoms with van der Waals surface area (Å²) in [7, 11) is 0. The Hall–Kier alpha value is -1.52. The van der Waals surface area contributed by atoms with Crippen LogP contribution in [0.1, 0.15) is 6.92 Å². The summed E-state index contributed by atoms with van der Waals surface area (Å²) >= 11 is 9.72. The van der Waals surface area contributed by atoms with Gasteiger partial charge in [-0.2, -0.15) is 0 Å². The predicted molar refractivity (Wildman–Crippen MR) is 88.0 cm³/mol. The van der Waals surface area contributed by atoms with E-state index >= 15 is 0 Å². The first-order chi connectivity index (χ1) is 9.61. The van der Waals surface area contributed by atoms with Crippen LogP contribution in [0.15, 0.2) is 40.9 Å². The Balaban J connectivity index is 2.30. The summed E-state index contributed by atoms with van der Waals surface area (Å²) in [6.07, 6.45) is 0. The minimum absolute atomic E-state index is 0.698. The molecule has 2 N–H and O–H groups in total. The number of halogens is 2. The van der Waals surface area contributed by atoms with E-state index < -0.39 is 0 Å². The molecule has 0 bridgehead atoms. The molecular weight excluding hydrogens is 338 g/mol. The number of nitrogens with two attached hydrogens (primary N) is 1. The molecule has 0 unspecified atom stereocenters. The maximum Gasteiger partial charge on any atom is 0.141 e. The summed E-state index contributed by atoms with van der Waals surface area (Å²) in [5.74, 6) is 0.884. The Bertz CT molecular complexity index is 795. The molecule has 0 saturated carbocycles. The van der Waals surface area contributed by atoms with Crippen LogP contribution in [-0.4, -0.2) is 9.55 Å². The minimum atomic E-state index is 0.698. The number of nitrogens with zero attached hydrogens (tertiary/aromatic N) is 2. The first kappa shape index (κ1) is 13.5. The quantitative estimate of drug-likeness (QED) is 0.680. The first-order valence-electron chi connectivity index (χ1n) is 6.32. The van der Waals surface area contributed by atoms with Gasteiger partial charge in [-0.15, -0.1) is 0 Å². The molecule has 0 spiro atoms. The van der Waals surface area contributed by atoms with Crippen LogP contribution in [0.4, 0.5) is 5.69 Å². The number of para-hydroxylation sites is 1. The average Bonchev–Trinajstić information content (AvgIpc) is 2.82. The molecule has 0 atom stereocenters. The van der Waals surface area contributed by atoms with E-state index in [-0.39, 0.29) is 0 Å². The molecule has 0 aliphatic carbocycles. The molecule has 3 nitrogen and oxygen atoms in total. The molecule has 1 heterocycles. The summed E-state index contributed by atoms with van der Waals surface area (Å²) < 4.78 is 3.00. The van der Waals surface area contributed by atoms with Gasteiger partial charge in [0.2, 0.25) is 0 Å². The lowest BCUT2D eigenvalue weighted by Gasteiger charge is -2.08. The van der Waals surface area contributed by atoms with Gasteiger partial charge in [-0.1, -0.05) is 17.7 Å². The number of imidazole rings is 1. The molecule has 0 fully saturated rings. The maximum atomic E-state index is 6.31. The number of nitrogen functional groups attached to an aromatic ring is 1. The van der Waals surface area contributed by atoms with E-state index in [0.29, 0.717) is 10.7 Å². The lowest BCUT2D eigenvalue weighted by Crippen LogP contribution is -1.98. The molecule has 0 radical (unpaired) electrons. The van der Waals surface area contributed by atoms with Crippen LogP contribution < -0.4 is 5.73 Å². The Kier molecular flexibility index (Phi) is 3.44. The van der Waals surface area contributed by atoms with Gasteiger partial charge in [-0.25, -0.2) is 4.98 Å². The van der Waals surface area contributed by atoms with Gasteiger partial charge in [0.25, 0.3) is 0 Å². The van der Waals surface area contributed by atoms with Crippen molar-refractivity contribution in [3.8, 4) is 11.4 Å². The highest BCUT2D eigenvalue weighted by Gasteiger charge is 2.14. The van der Waals surface area contributed by atoms with Gasteiger partial charge in [0.1, 0.15) is 5.82 Å². The normalized spacial score (nSPS) is 11.2. The molecule has 0 saturated heterocycles. The van der Waals surface area contributed by atoms with Crippen molar-refractivity contribution < 1.29 is 0 Å². The van der Waals surface area contributed by atoms with Crippen LogP contribution in [0, 0.1) is 0 Å². The molecule has 3 aromatic rings. The van der Waals surface area contributed by atoms with Crippen LogP contribution in [-0.2, 0) is 6.54 Å². The van der Waals surface area contributed by atoms with Gasteiger partial charge in [-0.3, -0.25) is 0 Å². The minimum Gasteiger partial charge on any atom is -0.398 e. The molecule has 20 heavy (non-hydrogen) atoms. The van der Waals surface area contributed by atoms with E-state index in [0.717, 1.165) is 33.4 Å². The molecule has 102 valence electrons. The summed E-state index contributed by atoms with van der Waals surface area (Å²) in [4.78, 5) is 4.69. The molecule has 0 aliphatic heterocycles. The third-order valence-electron chi connectivity index (χ3n) is 3.29. The van der Waals surface area contributed by atoms with E-state index in [4.69, 9.17) is 22.3 Å². The van der Waals surface area contributed by atoms with Crippen molar-refractivity contribution in [2.75, 3.05) is 5.73 Å². The largest absolute Gasteiger partial charge is 0.398 e. The zero-order valence-electron chi connectivity index (χ0n) is 10.9. The van der Waals surface area contributed by atoms with Gasteiger partial charge in [0.15, 0.2) is 0 Å². The van der Waals surface area contributed by atoms with Gasteiger partial charge in [0.05, 0.1) is 16.1 Å². The second kappa shape index (κ2) is 5.11. The molecule has 5 heteroatoms. The number of fused-ring (bicyclic) bond motifs is 1. The SMILES string of the molecule is CCn1c(-c2ccc(Br)c(N)c2)nc2cccc(Cl)c21. The first-order valence-corrected chi connectivity index (χ1v) is 7.49. The smallest absolute Gasteiger partial charge is 0.141 e. The van der Waals surface area contributed by atoms with Crippen LogP contribution in [0.5, 0.6) is 0 Å². The summed E-state index contributed by atoms with van der Waals surface area (Å²) in [5.41, 5.74) is 9.51. The van der Waals surface area contributed by atoms with E-state index in [9.17, 15) is 0 Å². The zero-order valence-corrected chi connectivity index (χ0v) is 13.2. The van der Waals surface area contributed by atoms with Crippen molar-refractivity contribution in [2.24, 2.45) is 0 Å². The van der Waals surface area contributed by atoms with Gasteiger partial charge in [-0.05, 0) is 53.2 Å². The molecule has 3 rings (SSSR count). The molecular formula is C15H13BrClN3. The zero-order chi connectivity index (χ0) is 14.3. The molecule has 1 aromatic heterocycles. The lowest BCUT2D eigenvalue weighted by atomic mass is 10.2. The van der Waals surface area contributed by atoms with Crippen molar-refractivity contribution in [3.63, 3.8) is 0 Å². The Morgan fingerprint density at radius 2 is 2.10 bits per heavy atom. The number of hydrogen-bond donors (Lipinski definition) is 1. The van der Waals surface area contributed by atoms with Crippen LogP contribution in [0.3, 0.4) is 0 Å². The highest BCUT2D eigenvalue weighted by atomic mass is 79.9. The second-order valence-corrected chi connectivity index (χ2v) is 5.79. The standard InChI is InChI=1S/C15H13BrClN3/c1-2-20-14-11(17)4-3-5-13(14)19-15(20)9-6-7-10(16)12(18)8-9/h3-8H,2,18H2,1H3. The van der Waals surface area contributed by atoms with Crippen LogP contribution in [0.25, 0.3) is 22.4 Å². The monoisotopic (exact) mass is 349 g/mol. The third kappa shape index (κ3) is 2.09. The van der Waals surface area contributed by atoms with E-state index in [1.165, 1.54) is 0 Å². The van der Waals surface area contributed by atoms with Crippen LogP contribution >= 0.6 is 27.5 Å². The fraction of sp³-hybridized carbons (Fsp3) is 0.133. The maximum absolute atomic E-state index is 6.31. The lowest BCUT2D eigenvalue weighted by molar-refractivity contribution is 0.796. The van der Waals surface area contributed by atoms with E-state index in [1.807, 2.05) is 36.4 Å². The summed E-state index contributed by atoms with van der Waals surface area (Å²) in [6.45, 7) is 2.88. The number of aromatic nitrogens is 2. The predicted octanol–water partition coefficient (Wildman–Crippen LogP) is 4.72. The highest BCUT2D eigenvalue weighted by Crippen LogP contribution is 2.31. The number of benzene rings is 2. The van der Waals surface area contributed by atoms with Gasteiger partial charge < -0.3 is 10.3 Å². The van der Waals surface area contributed by atoms with E-state index in [1.54, 1.807) is 0 Å². The second-order valence-electron chi connectivity index (χ2n) is 4.52. The van der Waals surface area contributed by atoms with Gasteiger partial charge in [0, 0.05) is 22.3 Å². The van der Waals surface area contributed by atoms with Crippen molar-refractivity contribution in [1.29, 1.82) is 0 Å². The fourth-order valence-corrected chi connectivity index (χ4v) is 2.87. The van der Waals surface area contributed by atoms with Gasteiger partial charge >= 0.3 is 0 Å². The highest BCUT2D eigenvalue weighted by molar-refractivity contribution is 9.10. The number of anilines is 1. The van der Waals surface area contributed by atoms with E-state index in [2.05, 4.69) is 27.4 Å². The Morgan fingerprint density at radius 3 is 2.80 bits per heavy atom. The summed E-state index contributed by atoms with van der Waals surface area (Å²) in [5, 5.41) is 0.716. The topological polar surface area (TPSA) is 43.8 Å². The Morgan fingerprint density at radius 1 is 1.30 bits per heavy atom. The molecule has 0 aliphatic rings. The number of hydrogen-bond acceptors (Lipinski definition) is 2. The van der Waals surface area contributed by atoms with Crippen molar-refractivity contribution in [3.05, 3.63) is 45.9 Å². The van der Waals surface area contributed by atoms with Crippen LogP contribution in [0.2, 0.25) is 5.02 Å². The third-order valence-corrected chi connectivity index (χ3v) is 4.32. The summed E-state index contributed by atoms with van der Waals surface area (Å²) in [6, 6.07) is 11.6. The fourth-order valence-electron chi connectivity index (χ4n) is 2.35. The van der Waals surface area contributed by atoms with Crippen molar-refractivity contribution >= 4 is 44.3 Å². The number of aryl methyl sites for hydroxylation is 1. The Labute approximate surface area is 130 Å². The average molecular weight is 351 g/mol. The molecule has 0 amide bonds. The van der Waals surface area contributed by atoms with Crippen molar-refractivity contribution in [1.82, 2.24) is 9.55 Å². The molecule has 2 aromatic carbocycles. The number of rotatable bonds is 2.